The highest BCUT2D eigenvalue weighted by Gasteiger charge is 2.35. The zero-order valence-electron chi connectivity index (χ0n) is 20.5. The number of hydrogen-bond donors (Lipinski definition) is 0. The summed E-state index contributed by atoms with van der Waals surface area (Å²) in [5, 5.41) is 0. The molecule has 1 aliphatic carbocycles. The molecule has 0 aliphatic heterocycles. The number of hydrogen-bond acceptors (Lipinski definition) is 2. The normalized spacial score (nSPS) is 14.1. The van der Waals surface area contributed by atoms with E-state index in [0.717, 1.165) is 47.1 Å². The number of rotatable bonds is 7. The Bertz CT molecular complexity index is 1370. The van der Waals surface area contributed by atoms with Gasteiger partial charge in [-0.05, 0) is 43.4 Å². The molecule has 0 N–H and O–H groups in total. The molecular weight excluding hydrogens is 510 g/mol. The third kappa shape index (κ3) is 4.62. The fraction of sp³-hybridized carbons (Fsp3) is 0.250. The first-order valence-corrected chi connectivity index (χ1v) is 13.6. The summed E-state index contributed by atoms with van der Waals surface area (Å²) in [6.07, 6.45) is 5.60. The third-order valence-corrected chi connectivity index (χ3v) is 7.78. The van der Waals surface area contributed by atoms with Crippen LogP contribution in [0.25, 0.3) is 11.3 Å². The summed E-state index contributed by atoms with van der Waals surface area (Å²) in [6, 6.07) is 26.8. The molecule has 3 aromatic carbocycles. The van der Waals surface area contributed by atoms with Gasteiger partial charge in [-0.2, -0.15) is 0 Å². The van der Waals surface area contributed by atoms with Crippen molar-refractivity contribution < 1.29 is 9.59 Å². The SMILES string of the molecule is CCn1c(-c2ccc(Br)cc2)c(C(=O)c2ccccc2)c(C(=O)c2ccccc2)c1C1CCCCC1. The fourth-order valence-corrected chi connectivity index (χ4v) is 5.86. The van der Waals surface area contributed by atoms with Gasteiger partial charge >= 0.3 is 0 Å². The minimum absolute atomic E-state index is 0.0685. The summed E-state index contributed by atoms with van der Waals surface area (Å²) in [5.74, 6) is 0.0889. The van der Waals surface area contributed by atoms with E-state index >= 15 is 0 Å². The maximum atomic E-state index is 14.3. The number of carbonyl (C=O) groups is 2. The minimum Gasteiger partial charge on any atom is -0.343 e. The lowest BCUT2D eigenvalue weighted by Crippen LogP contribution is -2.16. The van der Waals surface area contributed by atoms with Crippen LogP contribution in [0.2, 0.25) is 0 Å². The van der Waals surface area contributed by atoms with Crippen LogP contribution in [-0.2, 0) is 6.54 Å². The number of halogens is 1. The molecule has 4 heteroatoms. The maximum Gasteiger partial charge on any atom is 0.195 e. The average Bonchev–Trinajstić information content (AvgIpc) is 3.29. The van der Waals surface area contributed by atoms with Crippen LogP contribution in [0.3, 0.4) is 0 Å². The van der Waals surface area contributed by atoms with E-state index in [4.69, 9.17) is 0 Å². The lowest BCUT2D eigenvalue weighted by atomic mass is 9.82. The number of nitrogens with zero attached hydrogens (tertiary/aromatic N) is 1. The highest BCUT2D eigenvalue weighted by molar-refractivity contribution is 9.10. The molecule has 1 aromatic heterocycles. The van der Waals surface area contributed by atoms with Crippen LogP contribution in [0.5, 0.6) is 0 Å². The summed E-state index contributed by atoms with van der Waals surface area (Å²) >= 11 is 3.55. The molecule has 1 aliphatic rings. The Kier molecular flexibility index (Phi) is 7.33. The first-order chi connectivity index (χ1) is 17.6. The van der Waals surface area contributed by atoms with Crippen LogP contribution in [0, 0.1) is 0 Å². The smallest absolute Gasteiger partial charge is 0.195 e. The summed E-state index contributed by atoms with van der Waals surface area (Å²) in [6.45, 7) is 2.80. The van der Waals surface area contributed by atoms with Crippen LogP contribution >= 0.6 is 15.9 Å². The summed E-state index contributed by atoms with van der Waals surface area (Å²) in [7, 11) is 0. The van der Waals surface area contributed by atoms with Crippen LogP contribution in [-0.4, -0.2) is 16.1 Å². The van der Waals surface area contributed by atoms with Crippen molar-refractivity contribution in [1.29, 1.82) is 0 Å². The molecule has 0 spiro atoms. The molecule has 4 aromatic rings. The molecule has 1 fully saturated rings. The molecule has 1 heterocycles. The second kappa shape index (κ2) is 10.8. The van der Waals surface area contributed by atoms with E-state index in [0.29, 0.717) is 28.8 Å². The number of benzene rings is 3. The molecule has 1 saturated carbocycles. The van der Waals surface area contributed by atoms with Gasteiger partial charge in [0.15, 0.2) is 11.6 Å². The van der Waals surface area contributed by atoms with Crippen molar-refractivity contribution in [2.45, 2.75) is 51.5 Å². The molecular formula is C32H30BrNO2. The van der Waals surface area contributed by atoms with Crippen molar-refractivity contribution >= 4 is 27.5 Å². The van der Waals surface area contributed by atoms with Gasteiger partial charge in [-0.15, -0.1) is 0 Å². The Balaban J connectivity index is 1.85. The highest BCUT2D eigenvalue weighted by Crippen LogP contribution is 2.43. The van der Waals surface area contributed by atoms with Gasteiger partial charge in [-0.1, -0.05) is 108 Å². The Hall–Kier alpha value is -3.24. The van der Waals surface area contributed by atoms with Crippen molar-refractivity contribution in [3.8, 4) is 11.3 Å². The average molecular weight is 541 g/mol. The van der Waals surface area contributed by atoms with Crippen LogP contribution in [0.1, 0.15) is 82.5 Å². The van der Waals surface area contributed by atoms with Gasteiger partial charge < -0.3 is 4.57 Å². The van der Waals surface area contributed by atoms with Gasteiger partial charge in [-0.3, -0.25) is 9.59 Å². The predicted octanol–water partition coefficient (Wildman–Crippen LogP) is 8.45. The first kappa shape index (κ1) is 24.5. The molecule has 0 radical (unpaired) electrons. The molecule has 0 amide bonds. The number of carbonyl (C=O) groups excluding carboxylic acids is 2. The number of aromatic nitrogens is 1. The molecule has 182 valence electrons. The van der Waals surface area contributed by atoms with Crippen molar-refractivity contribution in [2.75, 3.05) is 0 Å². The largest absolute Gasteiger partial charge is 0.343 e. The Morgan fingerprint density at radius 2 is 1.28 bits per heavy atom. The van der Waals surface area contributed by atoms with Gasteiger partial charge in [0.2, 0.25) is 0 Å². The lowest BCUT2D eigenvalue weighted by molar-refractivity contribution is 0.100. The van der Waals surface area contributed by atoms with Crippen LogP contribution in [0.15, 0.2) is 89.4 Å². The molecule has 5 rings (SSSR count). The van der Waals surface area contributed by atoms with Crippen LogP contribution < -0.4 is 0 Å². The molecule has 0 saturated heterocycles. The third-order valence-electron chi connectivity index (χ3n) is 7.26. The Labute approximate surface area is 221 Å². The van der Waals surface area contributed by atoms with Crippen molar-refractivity contribution in [3.63, 3.8) is 0 Å². The second-order valence-electron chi connectivity index (χ2n) is 9.46. The quantitative estimate of drug-likeness (QED) is 0.221. The monoisotopic (exact) mass is 539 g/mol. The van der Waals surface area contributed by atoms with E-state index in [2.05, 4.69) is 27.4 Å². The summed E-state index contributed by atoms with van der Waals surface area (Å²) in [5.41, 5.74) is 5.15. The van der Waals surface area contributed by atoms with Gasteiger partial charge in [0.25, 0.3) is 0 Å². The standard InChI is InChI=1S/C32H30BrNO2/c1-2-34-29(22-12-6-3-7-13-22)27(31(35)24-14-8-4-9-15-24)28(32(36)25-16-10-5-11-17-25)30(34)23-18-20-26(33)21-19-23/h4-5,8-11,14-22H,2-3,6-7,12-13H2,1H3. The van der Waals surface area contributed by atoms with E-state index in [-0.39, 0.29) is 17.5 Å². The fourth-order valence-electron chi connectivity index (χ4n) is 5.59. The van der Waals surface area contributed by atoms with Gasteiger partial charge in [0.05, 0.1) is 16.8 Å². The molecule has 0 bridgehead atoms. The van der Waals surface area contributed by atoms with Crippen molar-refractivity contribution in [2.24, 2.45) is 0 Å². The molecule has 0 atom stereocenters. The molecule has 3 nitrogen and oxygen atoms in total. The predicted molar refractivity (Wildman–Crippen MR) is 149 cm³/mol. The summed E-state index contributed by atoms with van der Waals surface area (Å²) in [4.78, 5) is 28.5. The minimum atomic E-state index is -0.0999. The first-order valence-electron chi connectivity index (χ1n) is 12.8. The summed E-state index contributed by atoms with van der Waals surface area (Å²) < 4.78 is 3.23. The zero-order valence-corrected chi connectivity index (χ0v) is 22.1. The number of ketones is 2. The van der Waals surface area contributed by atoms with E-state index in [1.807, 2.05) is 84.9 Å². The zero-order chi connectivity index (χ0) is 25.1. The van der Waals surface area contributed by atoms with Crippen molar-refractivity contribution in [1.82, 2.24) is 4.57 Å². The van der Waals surface area contributed by atoms with Gasteiger partial charge in [0.1, 0.15) is 0 Å². The molecule has 0 unspecified atom stereocenters. The Morgan fingerprint density at radius 1 is 0.750 bits per heavy atom. The van der Waals surface area contributed by atoms with E-state index in [9.17, 15) is 9.59 Å². The topological polar surface area (TPSA) is 39.1 Å². The van der Waals surface area contributed by atoms with Crippen LogP contribution in [0.4, 0.5) is 0 Å². The second-order valence-corrected chi connectivity index (χ2v) is 10.4. The van der Waals surface area contributed by atoms with Crippen molar-refractivity contribution in [3.05, 3.63) is 117 Å². The Morgan fingerprint density at radius 3 is 1.81 bits per heavy atom. The van der Waals surface area contributed by atoms with E-state index < -0.39 is 0 Å². The molecule has 36 heavy (non-hydrogen) atoms. The van der Waals surface area contributed by atoms with Gasteiger partial charge in [0, 0.05) is 27.8 Å². The maximum absolute atomic E-state index is 14.3. The van der Waals surface area contributed by atoms with E-state index in [1.54, 1.807) is 0 Å². The van der Waals surface area contributed by atoms with E-state index in [1.165, 1.54) is 6.42 Å². The van der Waals surface area contributed by atoms with Gasteiger partial charge in [-0.25, -0.2) is 0 Å². The lowest BCUT2D eigenvalue weighted by Gasteiger charge is -2.25. The highest BCUT2D eigenvalue weighted by atomic mass is 79.9.